The van der Waals surface area contributed by atoms with Crippen molar-refractivity contribution in [1.29, 1.82) is 0 Å². The molecular weight excluding hydrogens is 940 g/mol. The van der Waals surface area contributed by atoms with Crippen LogP contribution in [0.4, 0.5) is 0 Å². The number of amides is 1. The van der Waals surface area contributed by atoms with Crippen LogP contribution in [0.5, 0.6) is 0 Å². The van der Waals surface area contributed by atoms with E-state index in [2.05, 4.69) is 99.0 Å². The van der Waals surface area contributed by atoms with Gasteiger partial charge < -0.3 is 19.4 Å². The van der Waals surface area contributed by atoms with E-state index in [0.29, 0.717) is 23.9 Å². The van der Waals surface area contributed by atoms with Gasteiger partial charge in [-0.3, -0.25) is 18.6 Å². The second-order valence-corrected chi connectivity index (χ2v) is 22.9. The topological polar surface area (TPSA) is 111 Å². The summed E-state index contributed by atoms with van der Waals surface area (Å²) in [6.07, 6.45) is 70.1. The van der Waals surface area contributed by atoms with E-state index in [0.717, 1.165) is 109 Å². The molecule has 0 radical (unpaired) electrons. The predicted octanol–water partition coefficient (Wildman–Crippen LogP) is 18.6. The number of unbranched alkanes of at least 4 members (excludes halogenated alkanes) is 26. The maximum Gasteiger partial charge on any atom is 0.472 e. The molecule has 0 aromatic heterocycles. The summed E-state index contributed by atoms with van der Waals surface area (Å²) in [6.45, 7) is 6.87. The fraction of sp³-hybridized carbons (Fsp3) is 0.750. The maximum atomic E-state index is 13.5. The summed E-state index contributed by atoms with van der Waals surface area (Å²) >= 11 is 0. The van der Waals surface area contributed by atoms with Crippen molar-refractivity contribution in [3.05, 3.63) is 85.1 Å². The summed E-state index contributed by atoms with van der Waals surface area (Å²) in [6, 6.07) is -0.863. The van der Waals surface area contributed by atoms with E-state index in [1.165, 1.54) is 109 Å². The van der Waals surface area contributed by atoms with Crippen LogP contribution in [-0.2, 0) is 27.9 Å². The molecule has 0 saturated carbocycles. The smallest absolute Gasteiger partial charge is 0.456 e. The van der Waals surface area contributed by atoms with Crippen LogP contribution in [0.15, 0.2) is 85.1 Å². The van der Waals surface area contributed by atoms with Crippen LogP contribution in [-0.4, -0.2) is 74.3 Å². The highest BCUT2D eigenvalue weighted by molar-refractivity contribution is 7.47. The van der Waals surface area contributed by atoms with Crippen molar-refractivity contribution in [2.45, 2.75) is 270 Å². The summed E-state index contributed by atoms with van der Waals surface area (Å²) in [7, 11) is 1.47. The molecule has 3 atom stereocenters. The molecule has 0 aromatic carbocycles. The fourth-order valence-corrected chi connectivity index (χ4v) is 9.11. The molecular formula is C64H116N2O7P+. The van der Waals surface area contributed by atoms with Gasteiger partial charge in [0.2, 0.25) is 5.91 Å². The zero-order valence-electron chi connectivity index (χ0n) is 48.8. The lowest BCUT2D eigenvalue weighted by atomic mass is 10.0. The highest BCUT2D eigenvalue weighted by atomic mass is 31.2. The van der Waals surface area contributed by atoms with Gasteiger partial charge in [0.25, 0.3) is 0 Å². The number of carbonyl (C=O) groups excluding carboxylic acids is 2. The van der Waals surface area contributed by atoms with Gasteiger partial charge in [0, 0.05) is 12.8 Å². The van der Waals surface area contributed by atoms with Crippen molar-refractivity contribution in [2.24, 2.45) is 0 Å². The van der Waals surface area contributed by atoms with Crippen molar-refractivity contribution in [1.82, 2.24) is 5.32 Å². The van der Waals surface area contributed by atoms with Gasteiger partial charge in [0.15, 0.2) is 0 Å². The molecule has 0 heterocycles. The van der Waals surface area contributed by atoms with Crippen molar-refractivity contribution >= 4 is 19.7 Å². The van der Waals surface area contributed by atoms with Gasteiger partial charge in [-0.15, -0.1) is 0 Å². The average Bonchev–Trinajstić information content (AvgIpc) is 3.36. The first-order valence-corrected chi connectivity index (χ1v) is 31.9. The van der Waals surface area contributed by atoms with E-state index < -0.39 is 20.0 Å². The minimum Gasteiger partial charge on any atom is -0.456 e. The van der Waals surface area contributed by atoms with Gasteiger partial charge in [0.05, 0.1) is 33.8 Å². The molecule has 1 amide bonds. The molecule has 74 heavy (non-hydrogen) atoms. The number of phosphoric acid groups is 1. The van der Waals surface area contributed by atoms with Crippen LogP contribution in [0.3, 0.4) is 0 Å². The van der Waals surface area contributed by atoms with E-state index in [4.69, 9.17) is 13.8 Å². The highest BCUT2D eigenvalue weighted by Crippen LogP contribution is 2.43. The monoisotopic (exact) mass is 1060 g/mol. The van der Waals surface area contributed by atoms with Crippen molar-refractivity contribution in [2.75, 3.05) is 40.9 Å². The third-order valence-electron chi connectivity index (χ3n) is 13.1. The Bertz CT molecular complexity index is 1540. The molecule has 3 unspecified atom stereocenters. The lowest BCUT2D eigenvalue weighted by molar-refractivity contribution is -0.870. The number of esters is 1. The minimum atomic E-state index is -4.46. The molecule has 0 fully saturated rings. The minimum absolute atomic E-state index is 0.0324. The zero-order valence-corrected chi connectivity index (χ0v) is 49.7. The summed E-state index contributed by atoms with van der Waals surface area (Å²) in [5.41, 5.74) is 0. The Morgan fingerprint density at radius 1 is 0.486 bits per heavy atom. The SMILES string of the molecule is CC/C=C\C/C=C\C/C=C\C/C=C\C/C=C\CCCCCCCCCC(=O)NC(COP(=O)(O)OCC[N+](C)(C)C)C(/C=C\CCCCCCCCCCCC)OC(=O)CCCCC/C=C\CCCCCCCC. The second kappa shape index (κ2) is 53.6. The fourth-order valence-electron chi connectivity index (χ4n) is 8.37. The lowest BCUT2D eigenvalue weighted by Crippen LogP contribution is -2.47. The number of likely N-dealkylation sites (N-methyl/N-ethyl adjacent to an activating group) is 1. The molecule has 2 N–H and O–H groups in total. The van der Waals surface area contributed by atoms with Crippen molar-refractivity contribution in [3.63, 3.8) is 0 Å². The van der Waals surface area contributed by atoms with Crippen LogP contribution in [0.2, 0.25) is 0 Å². The van der Waals surface area contributed by atoms with Crippen LogP contribution >= 0.6 is 7.82 Å². The normalized spacial score (nSPS) is 14.3. The first-order chi connectivity index (χ1) is 35.9. The first kappa shape index (κ1) is 71.2. The molecule has 0 rings (SSSR count). The molecule has 0 bridgehead atoms. The van der Waals surface area contributed by atoms with Crippen LogP contribution in [0, 0.1) is 0 Å². The molecule has 0 aliphatic carbocycles. The zero-order chi connectivity index (χ0) is 54.3. The Balaban J connectivity index is 5.25. The van der Waals surface area contributed by atoms with Gasteiger partial charge >= 0.3 is 13.8 Å². The first-order valence-electron chi connectivity index (χ1n) is 30.4. The van der Waals surface area contributed by atoms with E-state index in [1.54, 1.807) is 0 Å². The Kier molecular flexibility index (Phi) is 51.5. The Labute approximate surface area is 456 Å². The molecule has 428 valence electrons. The van der Waals surface area contributed by atoms with E-state index in [9.17, 15) is 19.0 Å². The maximum absolute atomic E-state index is 13.5. The third-order valence-corrected chi connectivity index (χ3v) is 14.1. The number of rotatable bonds is 54. The van der Waals surface area contributed by atoms with Gasteiger partial charge in [-0.25, -0.2) is 4.57 Å². The van der Waals surface area contributed by atoms with E-state index in [-0.39, 0.29) is 31.5 Å². The number of phosphoric ester groups is 1. The number of nitrogens with zero attached hydrogens (tertiary/aromatic N) is 1. The van der Waals surface area contributed by atoms with Crippen molar-refractivity contribution < 1.29 is 37.3 Å². The number of nitrogens with one attached hydrogen (secondary N) is 1. The standard InChI is InChI=1S/C64H115N2O7P/c1-7-10-13-16-19-22-25-28-29-30-31-32-33-34-35-36-37-39-41-44-47-50-53-56-63(67)65-61(60-72-74(69,70)71-59-58-66(4,5)6)62(55-52-49-46-43-40-27-24-21-18-15-12-9-3)73-64(68)57-54-51-48-45-42-38-26-23-20-17-14-11-8-2/h10,13,19,22,28-29,31-32,34-35,38,42,52,55,61-62H,7-9,11-12,14-18,20-21,23-27,30,33,36-37,39-41,43-51,53-54,56-60H2,1-6H3,(H-,65,67,69,70)/p+1/b13-10-,22-19-,29-28-,32-31-,35-34-,42-38-,55-52-. The third kappa shape index (κ3) is 54.0. The number of hydrogen-bond acceptors (Lipinski definition) is 6. The molecule has 0 aliphatic rings. The molecule has 9 nitrogen and oxygen atoms in total. The van der Waals surface area contributed by atoms with Gasteiger partial charge in [-0.05, 0) is 102 Å². The molecule has 0 aromatic rings. The van der Waals surface area contributed by atoms with Gasteiger partial charge in [0.1, 0.15) is 19.3 Å². The number of allylic oxidation sites excluding steroid dienone is 13. The largest absolute Gasteiger partial charge is 0.472 e. The molecule has 0 saturated heterocycles. The lowest BCUT2D eigenvalue weighted by Gasteiger charge is -2.27. The molecule has 0 aliphatic heterocycles. The Hall–Kier alpha value is -2.81. The number of hydrogen-bond donors (Lipinski definition) is 2. The van der Waals surface area contributed by atoms with Crippen LogP contribution in [0.1, 0.15) is 258 Å². The van der Waals surface area contributed by atoms with E-state index in [1.807, 2.05) is 33.3 Å². The predicted molar refractivity (Wildman–Crippen MR) is 318 cm³/mol. The van der Waals surface area contributed by atoms with Crippen LogP contribution in [0.25, 0.3) is 0 Å². The molecule has 10 heteroatoms. The number of ether oxygens (including phenoxy) is 1. The summed E-state index contributed by atoms with van der Waals surface area (Å²) in [5, 5.41) is 3.04. The second-order valence-electron chi connectivity index (χ2n) is 21.5. The van der Waals surface area contributed by atoms with Crippen molar-refractivity contribution in [3.8, 4) is 0 Å². The number of carbonyl (C=O) groups is 2. The van der Waals surface area contributed by atoms with Gasteiger partial charge in [-0.2, -0.15) is 0 Å². The quantitative estimate of drug-likeness (QED) is 0.0205. The molecule has 0 spiro atoms. The van der Waals surface area contributed by atoms with Gasteiger partial charge in [-0.1, -0.05) is 228 Å². The average molecular weight is 1060 g/mol. The Morgan fingerprint density at radius 3 is 1.32 bits per heavy atom. The summed E-state index contributed by atoms with van der Waals surface area (Å²) < 4.78 is 30.6. The Morgan fingerprint density at radius 2 is 0.865 bits per heavy atom. The summed E-state index contributed by atoms with van der Waals surface area (Å²) in [4.78, 5) is 37.6. The van der Waals surface area contributed by atoms with E-state index >= 15 is 0 Å². The highest BCUT2D eigenvalue weighted by Gasteiger charge is 2.30. The number of quaternary nitrogens is 1. The summed E-state index contributed by atoms with van der Waals surface area (Å²) in [5.74, 6) is -0.538. The van der Waals surface area contributed by atoms with Crippen LogP contribution < -0.4 is 5.32 Å².